The van der Waals surface area contributed by atoms with Crippen LogP contribution >= 0.6 is 22.7 Å². The van der Waals surface area contributed by atoms with Gasteiger partial charge in [0.05, 0.1) is 35.8 Å². The van der Waals surface area contributed by atoms with Gasteiger partial charge >= 0.3 is 10.0 Å². The first-order valence-electron chi connectivity index (χ1n) is 32.8. The van der Waals surface area contributed by atoms with Crippen molar-refractivity contribution in [1.29, 1.82) is 0 Å². The van der Waals surface area contributed by atoms with E-state index in [2.05, 4.69) is 162 Å². The van der Waals surface area contributed by atoms with Gasteiger partial charge in [-0.2, -0.15) is 9.13 Å². The molecule has 2 aromatic heterocycles. The fraction of sp³-hybridized carbons (Fsp3) is 0.568. The Morgan fingerprint density at radius 2 is 0.833 bits per heavy atom. The number of hydrogen-bond donors (Lipinski definition) is 2. The molecular weight excluding hydrogens is 1070 g/mol. The molecule has 0 saturated heterocycles. The third-order valence-corrected chi connectivity index (χ3v) is 18.3. The second-order valence-electron chi connectivity index (χ2n) is 26.0. The van der Waals surface area contributed by atoms with Crippen LogP contribution in [0.15, 0.2) is 97.3 Å². The first-order valence-corrected chi connectivity index (χ1v) is 34.4. The number of amides is 2. The summed E-state index contributed by atoms with van der Waals surface area (Å²) < 4.78 is 17.6. The third-order valence-electron chi connectivity index (χ3n) is 16.1. The van der Waals surface area contributed by atoms with Crippen LogP contribution in [-0.2, 0) is 46.4 Å². The molecule has 4 aromatic carbocycles. The van der Waals surface area contributed by atoms with Gasteiger partial charge in [0.1, 0.15) is 11.5 Å². The maximum atomic E-state index is 13.6. The summed E-state index contributed by atoms with van der Waals surface area (Å²) in [4.78, 5) is 29.6. The molecule has 10 heteroatoms. The van der Waals surface area contributed by atoms with Crippen molar-refractivity contribution in [3.05, 3.63) is 140 Å². The Morgan fingerprint density at radius 1 is 0.440 bits per heavy atom. The SMILES string of the molecule is CCCCCCCCCCCCCCOc1cc(C(C)(C)C)ccc1CC(=O)Nc1ccc(C[n+]2cc(C)sc2-c2sc(C)c[n+]2Cc2ccc(NC(=O)Cc3ccc(C(C)(C)C)c(OCCCCCCCCCCCCCC)c3)cc2)cc1. The van der Waals surface area contributed by atoms with Crippen molar-refractivity contribution in [2.75, 3.05) is 23.8 Å². The van der Waals surface area contributed by atoms with E-state index in [1.165, 1.54) is 172 Å². The Hall–Kier alpha value is -5.32. The highest BCUT2D eigenvalue weighted by molar-refractivity contribution is 7.20. The fourth-order valence-corrected chi connectivity index (χ4v) is 13.2. The third kappa shape index (κ3) is 24.2. The summed E-state index contributed by atoms with van der Waals surface area (Å²) in [5.41, 5.74) is 8.04. The highest BCUT2D eigenvalue weighted by Gasteiger charge is 2.30. The van der Waals surface area contributed by atoms with Gasteiger partial charge in [0.2, 0.25) is 11.8 Å². The average molecular weight is 1180 g/mol. The molecule has 0 aliphatic rings. The van der Waals surface area contributed by atoms with Crippen molar-refractivity contribution in [3.63, 3.8) is 0 Å². The van der Waals surface area contributed by atoms with Crippen LogP contribution in [0.25, 0.3) is 10.0 Å². The molecule has 0 atom stereocenters. The van der Waals surface area contributed by atoms with E-state index in [1.807, 2.05) is 24.3 Å². The van der Waals surface area contributed by atoms with Gasteiger partial charge in [-0.05, 0) is 90.6 Å². The zero-order valence-electron chi connectivity index (χ0n) is 53.8. The van der Waals surface area contributed by atoms with Gasteiger partial charge in [-0.25, -0.2) is 0 Å². The van der Waals surface area contributed by atoms with Gasteiger partial charge in [-0.3, -0.25) is 9.59 Å². The number of anilines is 2. The van der Waals surface area contributed by atoms with Crippen molar-refractivity contribution >= 4 is 45.9 Å². The summed E-state index contributed by atoms with van der Waals surface area (Å²) in [6, 6.07) is 29.2. The van der Waals surface area contributed by atoms with Gasteiger partial charge < -0.3 is 20.1 Å². The lowest BCUT2D eigenvalue weighted by Crippen LogP contribution is -2.40. The Bertz CT molecular complexity index is 2870. The molecule has 0 bridgehead atoms. The topological polar surface area (TPSA) is 84.4 Å². The molecule has 2 amide bonds. The first kappa shape index (κ1) is 67.8. The van der Waals surface area contributed by atoms with E-state index in [-0.39, 0.29) is 35.5 Å². The smallest absolute Gasteiger partial charge is 0.346 e. The van der Waals surface area contributed by atoms with Crippen molar-refractivity contribution in [2.24, 2.45) is 0 Å². The van der Waals surface area contributed by atoms with E-state index in [1.54, 1.807) is 22.7 Å². The lowest BCUT2D eigenvalue weighted by atomic mass is 9.85. The number of hydrogen-bond acceptors (Lipinski definition) is 6. The molecule has 8 nitrogen and oxygen atoms in total. The predicted octanol–water partition coefficient (Wildman–Crippen LogP) is 19.9. The minimum atomic E-state index is -0.0655. The quantitative estimate of drug-likeness (QED) is 0.0297. The lowest BCUT2D eigenvalue weighted by Gasteiger charge is -2.23. The van der Waals surface area contributed by atoms with E-state index >= 15 is 0 Å². The Balaban J connectivity index is 0.971. The molecular formula is C74H108N4O4S2+2. The van der Waals surface area contributed by atoms with Crippen molar-refractivity contribution < 1.29 is 28.2 Å². The summed E-state index contributed by atoms with van der Waals surface area (Å²) >= 11 is 3.61. The maximum absolute atomic E-state index is 13.6. The number of aryl methyl sites for hydroxylation is 2. The highest BCUT2D eigenvalue weighted by atomic mass is 32.1. The second kappa shape index (κ2) is 36.0. The molecule has 0 spiro atoms. The molecule has 2 N–H and O–H groups in total. The number of carbonyl (C=O) groups excluding carboxylic acids is 2. The van der Waals surface area contributed by atoms with Crippen LogP contribution in [0.2, 0.25) is 0 Å². The predicted molar refractivity (Wildman–Crippen MR) is 357 cm³/mol. The van der Waals surface area contributed by atoms with E-state index < -0.39 is 0 Å². The fourth-order valence-electron chi connectivity index (χ4n) is 11.1. The molecule has 0 unspecified atom stereocenters. The molecule has 6 rings (SSSR count). The van der Waals surface area contributed by atoms with Crippen LogP contribution in [0.1, 0.15) is 253 Å². The molecule has 6 aromatic rings. The Morgan fingerprint density at radius 3 is 1.25 bits per heavy atom. The molecule has 0 saturated carbocycles. The largest absolute Gasteiger partial charge is 0.493 e. The van der Waals surface area contributed by atoms with E-state index in [0.717, 1.165) is 58.0 Å². The number of thiazole rings is 2. The van der Waals surface area contributed by atoms with Crippen LogP contribution in [0.4, 0.5) is 11.4 Å². The van der Waals surface area contributed by atoms with Gasteiger partial charge in [-0.1, -0.05) is 268 Å². The highest BCUT2D eigenvalue weighted by Crippen LogP contribution is 2.34. The molecule has 458 valence electrons. The number of carbonyl (C=O) groups is 2. The molecule has 2 heterocycles. The summed E-state index contributed by atoms with van der Waals surface area (Å²) in [7, 11) is 0. The summed E-state index contributed by atoms with van der Waals surface area (Å²) in [6.45, 7) is 25.0. The number of unbranched alkanes of at least 4 members (excludes halogenated alkanes) is 22. The zero-order valence-corrected chi connectivity index (χ0v) is 55.4. The van der Waals surface area contributed by atoms with Gasteiger partial charge in [0.25, 0.3) is 0 Å². The summed E-state index contributed by atoms with van der Waals surface area (Å²) in [6.07, 6.45) is 36.5. The van der Waals surface area contributed by atoms with Gasteiger partial charge in [0, 0.05) is 28.1 Å². The van der Waals surface area contributed by atoms with Crippen LogP contribution in [0, 0.1) is 13.8 Å². The number of rotatable bonds is 39. The number of aromatic nitrogens is 2. The monoisotopic (exact) mass is 1180 g/mol. The molecule has 0 radical (unpaired) electrons. The van der Waals surface area contributed by atoms with Crippen LogP contribution in [0.3, 0.4) is 0 Å². The number of nitrogens with zero attached hydrogens (tertiary/aromatic N) is 2. The maximum Gasteiger partial charge on any atom is 0.346 e. The van der Waals surface area contributed by atoms with E-state index in [4.69, 9.17) is 9.47 Å². The zero-order chi connectivity index (χ0) is 60.2. The minimum Gasteiger partial charge on any atom is -0.493 e. The molecule has 84 heavy (non-hydrogen) atoms. The van der Waals surface area contributed by atoms with Crippen LogP contribution in [-0.4, -0.2) is 25.0 Å². The van der Waals surface area contributed by atoms with Crippen LogP contribution in [0.5, 0.6) is 11.5 Å². The average Bonchev–Trinajstić information content (AvgIpc) is 3.87. The molecule has 0 aliphatic heterocycles. The van der Waals surface area contributed by atoms with Gasteiger partial charge in [-0.15, -0.1) is 0 Å². The Labute approximate surface area is 517 Å². The second-order valence-corrected chi connectivity index (χ2v) is 28.5. The lowest BCUT2D eigenvalue weighted by molar-refractivity contribution is -0.701. The van der Waals surface area contributed by atoms with Crippen LogP contribution < -0.4 is 29.2 Å². The van der Waals surface area contributed by atoms with E-state index in [0.29, 0.717) is 26.3 Å². The number of ether oxygens (including phenoxy) is 2. The summed E-state index contributed by atoms with van der Waals surface area (Å²) in [5, 5.41) is 8.73. The van der Waals surface area contributed by atoms with Crippen molar-refractivity contribution in [2.45, 2.75) is 260 Å². The first-order chi connectivity index (χ1) is 40.5. The van der Waals surface area contributed by atoms with Crippen molar-refractivity contribution in [1.82, 2.24) is 0 Å². The van der Waals surface area contributed by atoms with Gasteiger partial charge in [0.15, 0.2) is 25.5 Å². The number of benzene rings is 4. The minimum absolute atomic E-state index is 0.0213. The Kier molecular flexibility index (Phi) is 29.0. The van der Waals surface area contributed by atoms with Crippen molar-refractivity contribution in [3.8, 4) is 21.5 Å². The summed E-state index contributed by atoms with van der Waals surface area (Å²) in [5.74, 6) is 1.62. The number of nitrogens with one attached hydrogen (secondary N) is 2. The molecule has 0 aliphatic carbocycles. The van der Waals surface area contributed by atoms with E-state index in [9.17, 15) is 9.59 Å². The standard InChI is InChI=1S/C74H106N4O4S2/c1-11-13-15-17-19-21-23-25-27-29-31-33-47-81-67-52-63(73(5,6)7)41-40-62(67)51-70(80)76-65-44-37-60(38-45-65)56-78-54-58(4)84-72(78)71-77(53-57(3)83-71)55-59-35-42-64(43-36-59)75-69(79)50-61-39-46-66(74(8,9)10)68(49-61)82-48-34-32-30-28-26-24-22-20-18-16-14-12-2/h35-46,49,52-54H,11-34,47-48,50-51,55-56H2,1-10H3/p+2. The molecule has 0 fully saturated rings. The normalized spacial score (nSPS) is 11.8.